The lowest BCUT2D eigenvalue weighted by molar-refractivity contribution is 0.355. The quantitative estimate of drug-likeness (QED) is 0.761. The maximum absolute atomic E-state index is 13.1. The van der Waals surface area contributed by atoms with Gasteiger partial charge in [-0.05, 0) is 19.0 Å². The smallest absolute Gasteiger partial charge is 0.203 e. The molecule has 2 nitrogen and oxygen atoms in total. The highest BCUT2D eigenvalue weighted by molar-refractivity contribution is 5.36. The van der Waals surface area contributed by atoms with Crippen LogP contribution in [0.5, 0.6) is 5.75 Å². The van der Waals surface area contributed by atoms with Gasteiger partial charge in [-0.1, -0.05) is 0 Å². The second-order valence-electron chi connectivity index (χ2n) is 2.72. The zero-order valence-corrected chi connectivity index (χ0v) is 7.61. The molecule has 0 heterocycles. The fourth-order valence-electron chi connectivity index (χ4n) is 1.19. The summed E-state index contributed by atoms with van der Waals surface area (Å²) in [6, 6.07) is 0.893. The first kappa shape index (κ1) is 10.8. The van der Waals surface area contributed by atoms with Crippen LogP contribution in [0.25, 0.3) is 0 Å². The minimum atomic E-state index is -1.53. The monoisotopic (exact) mass is 205 g/mol. The Bertz CT molecular complexity index is 341. The van der Waals surface area contributed by atoms with Crippen LogP contribution in [0.3, 0.4) is 0 Å². The van der Waals surface area contributed by atoms with E-state index >= 15 is 0 Å². The lowest BCUT2D eigenvalue weighted by Gasteiger charge is -2.09. The third-order valence-corrected chi connectivity index (χ3v) is 1.81. The number of halogens is 3. The predicted octanol–water partition coefficient (Wildman–Crippen LogP) is 1.61. The van der Waals surface area contributed by atoms with Gasteiger partial charge >= 0.3 is 0 Å². The van der Waals surface area contributed by atoms with E-state index in [1.54, 1.807) is 0 Å². The van der Waals surface area contributed by atoms with E-state index in [9.17, 15) is 13.2 Å². The third-order valence-electron chi connectivity index (χ3n) is 1.81. The molecule has 0 saturated heterocycles. The van der Waals surface area contributed by atoms with Crippen LogP contribution in [0.2, 0.25) is 0 Å². The molecule has 0 aromatic heterocycles. The first-order valence-electron chi connectivity index (χ1n) is 4.02. The van der Waals surface area contributed by atoms with E-state index in [4.69, 9.17) is 5.73 Å². The molecule has 1 aromatic rings. The molecule has 0 amide bonds. The number of rotatable bonds is 3. The van der Waals surface area contributed by atoms with Crippen molar-refractivity contribution in [2.24, 2.45) is 5.73 Å². The molecule has 0 aliphatic rings. The molecule has 1 aromatic carbocycles. The van der Waals surface area contributed by atoms with Crippen molar-refractivity contribution < 1.29 is 17.9 Å². The second kappa shape index (κ2) is 4.32. The van der Waals surface area contributed by atoms with E-state index in [0.29, 0.717) is 0 Å². The van der Waals surface area contributed by atoms with Gasteiger partial charge in [-0.25, -0.2) is 8.78 Å². The first-order valence-corrected chi connectivity index (χ1v) is 4.02. The number of ether oxygens (including phenoxy) is 1. The molecule has 0 bridgehead atoms. The molecule has 0 aliphatic heterocycles. The van der Waals surface area contributed by atoms with Gasteiger partial charge in [0.15, 0.2) is 17.4 Å². The van der Waals surface area contributed by atoms with Crippen molar-refractivity contribution in [2.45, 2.75) is 6.42 Å². The minimum absolute atomic E-state index is 0.209. The summed E-state index contributed by atoms with van der Waals surface area (Å²) in [6.45, 7) is 0.209. The Balaban J connectivity index is 3.28. The van der Waals surface area contributed by atoms with Crippen LogP contribution < -0.4 is 10.5 Å². The highest BCUT2D eigenvalue weighted by Gasteiger charge is 2.18. The largest absolute Gasteiger partial charge is 0.493 e. The maximum Gasteiger partial charge on any atom is 0.203 e. The Morgan fingerprint density at radius 2 is 1.93 bits per heavy atom. The van der Waals surface area contributed by atoms with E-state index in [1.165, 1.54) is 7.11 Å². The van der Waals surface area contributed by atoms with Crippen molar-refractivity contribution >= 4 is 0 Å². The van der Waals surface area contributed by atoms with E-state index in [2.05, 4.69) is 4.74 Å². The van der Waals surface area contributed by atoms with Crippen molar-refractivity contribution in [1.29, 1.82) is 0 Å². The van der Waals surface area contributed by atoms with Crippen LogP contribution >= 0.6 is 0 Å². The fourth-order valence-corrected chi connectivity index (χ4v) is 1.19. The summed E-state index contributed by atoms with van der Waals surface area (Å²) in [6.07, 6.45) is 0.233. The Morgan fingerprint density at radius 1 is 1.29 bits per heavy atom. The average molecular weight is 205 g/mol. The molecule has 0 unspecified atom stereocenters. The summed E-state index contributed by atoms with van der Waals surface area (Å²) in [5.74, 6) is -4.35. The number of hydrogen-bond acceptors (Lipinski definition) is 2. The number of hydrogen-bond donors (Lipinski definition) is 1. The summed E-state index contributed by atoms with van der Waals surface area (Å²) in [5, 5.41) is 0. The molecule has 5 heteroatoms. The molecule has 1 rings (SSSR count). The Hall–Kier alpha value is -1.23. The van der Waals surface area contributed by atoms with Crippen LogP contribution in [-0.2, 0) is 6.42 Å². The van der Waals surface area contributed by atoms with Gasteiger partial charge in [0.25, 0.3) is 0 Å². The zero-order valence-electron chi connectivity index (χ0n) is 7.61. The van der Waals surface area contributed by atoms with Gasteiger partial charge in [0.2, 0.25) is 5.82 Å². The lowest BCUT2D eigenvalue weighted by Crippen LogP contribution is -2.07. The van der Waals surface area contributed by atoms with Gasteiger partial charge in [0.05, 0.1) is 7.11 Å². The van der Waals surface area contributed by atoms with Gasteiger partial charge in [-0.2, -0.15) is 4.39 Å². The molecule has 14 heavy (non-hydrogen) atoms. The Morgan fingerprint density at radius 3 is 2.43 bits per heavy atom. The summed E-state index contributed by atoms with van der Waals surface area (Å²) in [5.41, 5.74) is 5.46. The van der Waals surface area contributed by atoms with Gasteiger partial charge in [-0.3, -0.25) is 0 Å². The molecule has 0 radical (unpaired) electrons. The van der Waals surface area contributed by atoms with E-state index in [-0.39, 0.29) is 24.3 Å². The standard InChI is InChI=1S/C9H10F3NO/c1-14-9-5(2-3-13)4-6(10)7(11)8(9)12/h4H,2-3,13H2,1H3. The highest BCUT2D eigenvalue weighted by Crippen LogP contribution is 2.27. The Kier molecular flexibility index (Phi) is 3.35. The summed E-state index contributed by atoms with van der Waals surface area (Å²) >= 11 is 0. The molecule has 0 aliphatic carbocycles. The molecule has 0 spiro atoms. The summed E-state index contributed by atoms with van der Waals surface area (Å²) in [4.78, 5) is 0. The number of methoxy groups -OCH3 is 1. The van der Waals surface area contributed by atoms with Crippen LogP contribution in [0.15, 0.2) is 6.07 Å². The first-order chi connectivity index (χ1) is 6.61. The average Bonchev–Trinajstić information content (AvgIpc) is 2.16. The van der Waals surface area contributed by atoms with Crippen molar-refractivity contribution in [3.05, 3.63) is 29.1 Å². The zero-order chi connectivity index (χ0) is 10.7. The highest BCUT2D eigenvalue weighted by atomic mass is 19.2. The number of nitrogens with two attached hydrogens (primary N) is 1. The normalized spacial score (nSPS) is 10.4. The predicted molar refractivity (Wildman–Crippen MR) is 45.6 cm³/mol. The van der Waals surface area contributed by atoms with Crippen LogP contribution in [0.1, 0.15) is 5.56 Å². The molecule has 0 saturated carbocycles. The molecule has 0 fully saturated rings. The third kappa shape index (κ3) is 1.82. The van der Waals surface area contributed by atoms with Crippen molar-refractivity contribution in [1.82, 2.24) is 0 Å². The second-order valence-corrected chi connectivity index (χ2v) is 2.72. The van der Waals surface area contributed by atoms with Gasteiger partial charge in [0, 0.05) is 5.56 Å². The fraction of sp³-hybridized carbons (Fsp3) is 0.333. The van der Waals surface area contributed by atoms with Gasteiger partial charge in [-0.15, -0.1) is 0 Å². The van der Waals surface area contributed by atoms with Crippen molar-refractivity contribution in [2.75, 3.05) is 13.7 Å². The van der Waals surface area contributed by atoms with Crippen molar-refractivity contribution in [3.8, 4) is 5.75 Å². The maximum atomic E-state index is 13.1. The summed E-state index contributed by atoms with van der Waals surface area (Å²) in [7, 11) is 1.19. The molecule has 78 valence electrons. The van der Waals surface area contributed by atoms with E-state index in [0.717, 1.165) is 6.07 Å². The van der Waals surface area contributed by atoms with E-state index < -0.39 is 17.5 Å². The van der Waals surface area contributed by atoms with Gasteiger partial charge in [0.1, 0.15) is 0 Å². The van der Waals surface area contributed by atoms with E-state index in [1.807, 2.05) is 0 Å². The van der Waals surface area contributed by atoms with Gasteiger partial charge < -0.3 is 10.5 Å². The topological polar surface area (TPSA) is 35.2 Å². The number of benzene rings is 1. The van der Waals surface area contributed by atoms with Crippen LogP contribution in [-0.4, -0.2) is 13.7 Å². The molecular formula is C9H10F3NO. The van der Waals surface area contributed by atoms with Crippen LogP contribution in [0.4, 0.5) is 13.2 Å². The lowest BCUT2D eigenvalue weighted by atomic mass is 10.1. The SMILES string of the molecule is COc1c(CCN)cc(F)c(F)c1F. The molecule has 2 N–H and O–H groups in total. The minimum Gasteiger partial charge on any atom is -0.493 e. The molecular weight excluding hydrogens is 195 g/mol. The Labute approximate surface area is 79.5 Å². The van der Waals surface area contributed by atoms with Crippen LogP contribution in [0, 0.1) is 17.5 Å². The molecule has 0 atom stereocenters. The summed E-state index contributed by atoms with van der Waals surface area (Å²) < 4.78 is 43.2. The van der Waals surface area contributed by atoms with Crippen molar-refractivity contribution in [3.63, 3.8) is 0 Å².